The van der Waals surface area contributed by atoms with E-state index in [0.717, 1.165) is 51.3 Å². The largest absolute Gasteiger partial charge is 0.354 e. The summed E-state index contributed by atoms with van der Waals surface area (Å²) < 4.78 is 2.64. The van der Waals surface area contributed by atoms with Crippen molar-refractivity contribution in [1.82, 2.24) is 34.5 Å². The zero-order valence-corrected chi connectivity index (χ0v) is 20.3. The Morgan fingerprint density at radius 2 is 1.61 bits per heavy atom. The first-order valence-corrected chi connectivity index (χ1v) is 12.4. The molecule has 1 fully saturated rings. The van der Waals surface area contributed by atoms with Gasteiger partial charge in [0.1, 0.15) is 18.4 Å². The van der Waals surface area contributed by atoms with Gasteiger partial charge in [-0.1, -0.05) is 60.7 Å². The fourth-order valence-electron chi connectivity index (χ4n) is 4.54. The van der Waals surface area contributed by atoms with Crippen molar-refractivity contribution in [3.05, 3.63) is 89.0 Å². The van der Waals surface area contributed by atoms with E-state index in [1.807, 2.05) is 30.3 Å². The Hall–Kier alpha value is -3.82. The van der Waals surface area contributed by atoms with E-state index in [4.69, 9.17) is 0 Å². The normalized spacial score (nSPS) is 14.8. The summed E-state index contributed by atoms with van der Waals surface area (Å²) >= 11 is 0. The molecule has 186 valence electrons. The molecule has 0 unspecified atom stereocenters. The van der Waals surface area contributed by atoms with Gasteiger partial charge in [0.25, 0.3) is 5.56 Å². The van der Waals surface area contributed by atoms with E-state index in [2.05, 4.69) is 55.6 Å². The summed E-state index contributed by atoms with van der Waals surface area (Å²) in [5.41, 5.74) is 3.02. The molecule has 0 saturated carbocycles. The van der Waals surface area contributed by atoms with Crippen LogP contribution in [-0.2, 0) is 17.9 Å². The second-order valence-corrected chi connectivity index (χ2v) is 9.13. The number of carbonyl (C=O) groups is 1. The highest BCUT2D eigenvalue weighted by atomic mass is 16.2. The first-order chi connectivity index (χ1) is 17.7. The molecule has 4 aromatic rings. The van der Waals surface area contributed by atoms with E-state index in [0.29, 0.717) is 17.8 Å². The molecule has 1 aliphatic heterocycles. The Labute approximate surface area is 210 Å². The van der Waals surface area contributed by atoms with E-state index in [1.54, 1.807) is 6.07 Å². The predicted octanol–water partition coefficient (Wildman–Crippen LogP) is 1.88. The maximum Gasteiger partial charge on any atom is 0.293 e. The molecule has 3 heterocycles. The third kappa shape index (κ3) is 5.87. The molecule has 0 spiro atoms. The Kier molecular flexibility index (Phi) is 7.49. The van der Waals surface area contributed by atoms with Gasteiger partial charge in [-0.3, -0.25) is 14.5 Å². The van der Waals surface area contributed by atoms with Gasteiger partial charge in [0.2, 0.25) is 5.91 Å². The summed E-state index contributed by atoms with van der Waals surface area (Å²) in [6.45, 7) is 6.59. The second kappa shape index (κ2) is 11.3. The third-order valence-electron chi connectivity index (χ3n) is 6.54. The van der Waals surface area contributed by atoms with E-state index >= 15 is 0 Å². The third-order valence-corrected chi connectivity index (χ3v) is 6.54. The number of benzene rings is 2. The first-order valence-electron chi connectivity index (χ1n) is 12.4. The highest BCUT2D eigenvalue weighted by Crippen LogP contribution is 2.17. The smallest absolute Gasteiger partial charge is 0.293 e. The summed E-state index contributed by atoms with van der Waals surface area (Å²) in [5, 5.41) is 11.5. The van der Waals surface area contributed by atoms with Crippen molar-refractivity contribution in [1.29, 1.82) is 0 Å². The van der Waals surface area contributed by atoms with Crippen LogP contribution in [-0.4, -0.2) is 74.4 Å². The van der Waals surface area contributed by atoms with Gasteiger partial charge < -0.3 is 10.2 Å². The van der Waals surface area contributed by atoms with Gasteiger partial charge >= 0.3 is 0 Å². The molecule has 0 atom stereocenters. The number of carbonyl (C=O) groups excluding carboxylic acids is 1. The van der Waals surface area contributed by atoms with Crippen LogP contribution in [0.3, 0.4) is 0 Å². The van der Waals surface area contributed by atoms with Crippen LogP contribution in [0.25, 0.3) is 16.8 Å². The first kappa shape index (κ1) is 23.9. The number of hydrogen-bond donors (Lipinski definition) is 1. The summed E-state index contributed by atoms with van der Waals surface area (Å²) in [5.74, 6) is -0.218. The van der Waals surface area contributed by atoms with Crippen LogP contribution in [0.15, 0.2) is 77.9 Å². The molecule has 5 rings (SSSR count). The molecule has 36 heavy (non-hydrogen) atoms. The second-order valence-electron chi connectivity index (χ2n) is 9.13. The standard InChI is InChI=1S/C27H31N7O2/c35-26(28-12-7-13-31-14-16-32(17-15-31)19-22-8-3-1-4-9-22)20-33-27(36)25-18-24(30-34(25)21-29-33)23-10-5-2-6-11-23/h1-6,8-11,18,21H,7,12-17,19-20H2,(H,28,35). The molecule has 1 saturated heterocycles. The summed E-state index contributed by atoms with van der Waals surface area (Å²) in [6.07, 6.45) is 2.34. The minimum atomic E-state index is -0.337. The van der Waals surface area contributed by atoms with Crippen LogP contribution in [0.2, 0.25) is 0 Å². The van der Waals surface area contributed by atoms with Gasteiger partial charge in [-0.25, -0.2) is 9.20 Å². The van der Waals surface area contributed by atoms with Gasteiger partial charge in [-0.05, 0) is 24.6 Å². The average Bonchev–Trinajstić information content (AvgIpc) is 3.36. The van der Waals surface area contributed by atoms with Crippen LogP contribution in [0.4, 0.5) is 0 Å². The molecular weight excluding hydrogens is 454 g/mol. The fraction of sp³-hybridized carbons (Fsp3) is 0.333. The van der Waals surface area contributed by atoms with Gasteiger partial charge in [0.05, 0.1) is 5.69 Å². The lowest BCUT2D eigenvalue weighted by Gasteiger charge is -2.34. The van der Waals surface area contributed by atoms with E-state index in [9.17, 15) is 9.59 Å². The van der Waals surface area contributed by atoms with Crippen LogP contribution >= 0.6 is 0 Å². The maximum atomic E-state index is 12.8. The summed E-state index contributed by atoms with van der Waals surface area (Å²) in [7, 11) is 0. The predicted molar refractivity (Wildman–Crippen MR) is 138 cm³/mol. The van der Waals surface area contributed by atoms with Crippen molar-refractivity contribution >= 4 is 11.4 Å². The fourth-order valence-corrected chi connectivity index (χ4v) is 4.54. The number of amides is 1. The maximum absolute atomic E-state index is 12.8. The summed E-state index contributed by atoms with van der Waals surface area (Å²) in [4.78, 5) is 30.2. The van der Waals surface area contributed by atoms with Crippen LogP contribution < -0.4 is 10.9 Å². The number of fused-ring (bicyclic) bond motifs is 1. The molecular formula is C27H31N7O2. The number of rotatable bonds is 9. The zero-order chi connectivity index (χ0) is 24.7. The lowest BCUT2D eigenvalue weighted by molar-refractivity contribution is -0.121. The van der Waals surface area contributed by atoms with Crippen molar-refractivity contribution in [2.75, 3.05) is 39.3 Å². The minimum absolute atomic E-state index is 0.112. The molecule has 0 bridgehead atoms. The highest BCUT2D eigenvalue weighted by molar-refractivity contribution is 5.75. The Bertz CT molecular complexity index is 1340. The topological polar surface area (TPSA) is 87.8 Å². The zero-order valence-electron chi connectivity index (χ0n) is 20.3. The number of piperazine rings is 1. The van der Waals surface area contributed by atoms with Crippen molar-refractivity contribution < 1.29 is 4.79 Å². The number of nitrogens with one attached hydrogen (secondary N) is 1. The van der Waals surface area contributed by atoms with Crippen LogP contribution in [0.5, 0.6) is 0 Å². The SMILES string of the molecule is O=C(Cn1ncn2nc(-c3ccccc3)cc2c1=O)NCCCN1CCN(Cc2ccccc2)CC1. The molecule has 0 radical (unpaired) electrons. The molecule has 1 amide bonds. The number of nitrogens with zero attached hydrogens (tertiary/aromatic N) is 6. The molecule has 2 aromatic heterocycles. The molecule has 1 aliphatic rings. The molecule has 2 aromatic carbocycles. The van der Waals surface area contributed by atoms with Crippen molar-refractivity contribution in [2.45, 2.75) is 19.5 Å². The van der Waals surface area contributed by atoms with Gasteiger partial charge in [0.15, 0.2) is 0 Å². The lowest BCUT2D eigenvalue weighted by Crippen LogP contribution is -2.46. The van der Waals surface area contributed by atoms with Crippen LogP contribution in [0, 0.1) is 0 Å². The summed E-state index contributed by atoms with van der Waals surface area (Å²) in [6, 6.07) is 22.0. The van der Waals surface area contributed by atoms with Gasteiger partial charge in [-0.15, -0.1) is 0 Å². The van der Waals surface area contributed by atoms with Gasteiger partial charge in [-0.2, -0.15) is 10.2 Å². The van der Waals surface area contributed by atoms with Crippen molar-refractivity contribution in [2.24, 2.45) is 0 Å². The highest BCUT2D eigenvalue weighted by Gasteiger charge is 2.17. The van der Waals surface area contributed by atoms with Crippen molar-refractivity contribution in [3.63, 3.8) is 0 Å². The lowest BCUT2D eigenvalue weighted by atomic mass is 10.1. The molecule has 9 nitrogen and oxygen atoms in total. The molecule has 1 N–H and O–H groups in total. The molecule has 9 heteroatoms. The minimum Gasteiger partial charge on any atom is -0.354 e. The molecule has 0 aliphatic carbocycles. The Morgan fingerprint density at radius 3 is 2.36 bits per heavy atom. The van der Waals surface area contributed by atoms with E-state index < -0.39 is 0 Å². The number of hydrogen-bond acceptors (Lipinski definition) is 6. The quantitative estimate of drug-likeness (QED) is 0.364. The Morgan fingerprint density at radius 1 is 0.917 bits per heavy atom. The monoisotopic (exact) mass is 485 g/mol. The number of aromatic nitrogens is 4. The Balaban J connectivity index is 1.06. The van der Waals surface area contributed by atoms with E-state index in [-0.39, 0.29) is 18.0 Å². The average molecular weight is 486 g/mol. The van der Waals surface area contributed by atoms with E-state index in [1.165, 1.54) is 21.1 Å². The van der Waals surface area contributed by atoms with Gasteiger partial charge in [0, 0.05) is 44.8 Å². The van der Waals surface area contributed by atoms with Crippen molar-refractivity contribution in [3.8, 4) is 11.3 Å². The van der Waals surface area contributed by atoms with Crippen LogP contribution in [0.1, 0.15) is 12.0 Å².